The van der Waals surface area contributed by atoms with Gasteiger partial charge in [-0.15, -0.1) is 0 Å². The summed E-state index contributed by atoms with van der Waals surface area (Å²) in [5.74, 6) is 0.475. The molecule has 0 unspecified atom stereocenters. The van der Waals surface area contributed by atoms with Crippen LogP contribution in [-0.2, 0) is 0 Å². The molecule has 5 heteroatoms. The van der Waals surface area contributed by atoms with E-state index >= 15 is 0 Å². The molecule has 2 aromatic carbocycles. The zero-order valence-corrected chi connectivity index (χ0v) is 12.4. The molecule has 0 heterocycles. The van der Waals surface area contributed by atoms with Crippen LogP contribution in [0.3, 0.4) is 0 Å². The van der Waals surface area contributed by atoms with Crippen LogP contribution >= 0.6 is 15.9 Å². The highest BCUT2D eigenvalue weighted by atomic mass is 79.9. The van der Waals surface area contributed by atoms with Crippen LogP contribution in [0.25, 0.3) is 0 Å². The van der Waals surface area contributed by atoms with E-state index in [2.05, 4.69) is 26.5 Å². The van der Waals surface area contributed by atoms with Gasteiger partial charge in [-0.05, 0) is 45.8 Å². The molecule has 0 aliphatic rings. The number of nitrogens with one attached hydrogen (secondary N) is 1. The number of ether oxygens (including phenoxy) is 1. The molecule has 1 N–H and O–H groups in total. The summed E-state index contributed by atoms with van der Waals surface area (Å²) in [6.45, 7) is 0. The molecule has 0 atom stereocenters. The fourth-order valence-corrected chi connectivity index (χ4v) is 2.06. The maximum Gasteiger partial charge on any atom is 0.272 e. The first-order chi connectivity index (χ1) is 9.70. The van der Waals surface area contributed by atoms with E-state index in [0.717, 1.165) is 15.8 Å². The summed E-state index contributed by atoms with van der Waals surface area (Å²) >= 11 is 3.32. The van der Waals surface area contributed by atoms with Crippen LogP contribution in [0, 0.1) is 0 Å². The minimum atomic E-state index is -0.267. The van der Waals surface area contributed by atoms with Gasteiger partial charge in [0.15, 0.2) is 0 Å². The van der Waals surface area contributed by atoms with Gasteiger partial charge in [0.2, 0.25) is 0 Å². The van der Waals surface area contributed by atoms with Gasteiger partial charge in [0.1, 0.15) is 5.75 Å². The quantitative estimate of drug-likeness (QED) is 0.690. The molecule has 1 amide bonds. The average Bonchev–Trinajstić information content (AvgIpc) is 2.48. The van der Waals surface area contributed by atoms with Crippen LogP contribution in [0.1, 0.15) is 15.9 Å². The topological polar surface area (TPSA) is 50.7 Å². The highest BCUT2D eigenvalue weighted by Crippen LogP contribution is 2.15. The Hall–Kier alpha value is -2.14. The van der Waals surface area contributed by atoms with Gasteiger partial charge in [-0.2, -0.15) is 5.10 Å². The Kier molecular flexibility index (Phi) is 4.90. The van der Waals surface area contributed by atoms with Crippen LogP contribution in [0.2, 0.25) is 0 Å². The van der Waals surface area contributed by atoms with E-state index in [0.29, 0.717) is 5.56 Å². The van der Waals surface area contributed by atoms with Gasteiger partial charge in [-0.1, -0.05) is 24.3 Å². The SMILES string of the molecule is COc1cccc(C=NNC(=O)c2ccccc2Br)c1. The van der Waals surface area contributed by atoms with Crippen molar-refractivity contribution in [3.05, 3.63) is 64.1 Å². The molecule has 2 aromatic rings. The van der Waals surface area contributed by atoms with Crippen molar-refractivity contribution in [3.63, 3.8) is 0 Å². The van der Waals surface area contributed by atoms with E-state index in [4.69, 9.17) is 4.74 Å². The molecule has 0 fully saturated rings. The van der Waals surface area contributed by atoms with Gasteiger partial charge in [0.25, 0.3) is 5.91 Å². The third kappa shape index (κ3) is 3.68. The molecule has 0 bridgehead atoms. The van der Waals surface area contributed by atoms with Crippen molar-refractivity contribution in [1.82, 2.24) is 5.43 Å². The predicted octanol–water partition coefficient (Wildman–Crippen LogP) is 3.22. The van der Waals surface area contributed by atoms with E-state index in [9.17, 15) is 4.79 Å². The number of methoxy groups -OCH3 is 1. The number of nitrogens with zero attached hydrogens (tertiary/aromatic N) is 1. The van der Waals surface area contributed by atoms with Crippen LogP contribution in [0.5, 0.6) is 5.75 Å². The monoisotopic (exact) mass is 332 g/mol. The van der Waals surface area contributed by atoms with Crippen LogP contribution in [0.15, 0.2) is 58.1 Å². The molecule has 0 aliphatic heterocycles. The van der Waals surface area contributed by atoms with Crippen molar-refractivity contribution in [2.75, 3.05) is 7.11 Å². The van der Waals surface area contributed by atoms with Crippen molar-refractivity contribution in [1.29, 1.82) is 0 Å². The van der Waals surface area contributed by atoms with Crippen molar-refractivity contribution in [3.8, 4) is 5.75 Å². The molecule has 0 radical (unpaired) electrons. The largest absolute Gasteiger partial charge is 0.497 e. The van der Waals surface area contributed by atoms with Gasteiger partial charge in [-0.3, -0.25) is 4.79 Å². The molecule has 102 valence electrons. The molecular weight excluding hydrogens is 320 g/mol. The lowest BCUT2D eigenvalue weighted by molar-refractivity contribution is 0.0954. The van der Waals surface area contributed by atoms with E-state index in [1.165, 1.54) is 0 Å². The minimum absolute atomic E-state index is 0.267. The molecule has 0 saturated carbocycles. The summed E-state index contributed by atoms with van der Waals surface area (Å²) in [5.41, 5.74) is 3.87. The number of hydrogen-bond donors (Lipinski definition) is 1. The van der Waals surface area contributed by atoms with Gasteiger partial charge in [0, 0.05) is 4.47 Å². The molecular formula is C15H13BrN2O2. The Balaban J connectivity index is 2.03. The number of rotatable bonds is 4. The first-order valence-electron chi connectivity index (χ1n) is 5.92. The third-order valence-electron chi connectivity index (χ3n) is 2.59. The van der Waals surface area contributed by atoms with Gasteiger partial charge in [0.05, 0.1) is 18.9 Å². The Morgan fingerprint density at radius 1 is 1.25 bits per heavy atom. The average molecular weight is 333 g/mol. The number of halogens is 1. The van der Waals surface area contributed by atoms with E-state index in [1.54, 1.807) is 31.5 Å². The molecule has 0 saturated heterocycles. The van der Waals surface area contributed by atoms with E-state index < -0.39 is 0 Å². The van der Waals surface area contributed by atoms with Crippen molar-refractivity contribution in [2.24, 2.45) is 5.10 Å². The zero-order chi connectivity index (χ0) is 14.4. The summed E-state index contributed by atoms with van der Waals surface area (Å²) in [6.07, 6.45) is 1.57. The Bertz CT molecular complexity index is 641. The minimum Gasteiger partial charge on any atom is -0.497 e. The molecule has 4 nitrogen and oxygen atoms in total. The number of hydrazone groups is 1. The molecule has 0 aromatic heterocycles. The number of carbonyl (C=O) groups excluding carboxylic acids is 1. The highest BCUT2D eigenvalue weighted by molar-refractivity contribution is 9.10. The summed E-state index contributed by atoms with van der Waals surface area (Å²) in [5, 5.41) is 3.93. The molecule has 20 heavy (non-hydrogen) atoms. The van der Waals surface area contributed by atoms with Gasteiger partial charge < -0.3 is 4.74 Å². The second kappa shape index (κ2) is 6.86. The predicted molar refractivity (Wildman–Crippen MR) is 82.2 cm³/mol. The van der Waals surface area contributed by atoms with E-state index in [1.807, 2.05) is 30.3 Å². The summed E-state index contributed by atoms with van der Waals surface area (Å²) < 4.78 is 5.84. The Morgan fingerprint density at radius 3 is 2.80 bits per heavy atom. The number of carbonyl (C=O) groups is 1. The van der Waals surface area contributed by atoms with Crippen LogP contribution < -0.4 is 10.2 Å². The maximum atomic E-state index is 11.9. The summed E-state index contributed by atoms with van der Waals surface area (Å²) in [6, 6.07) is 14.6. The molecule has 2 rings (SSSR count). The number of benzene rings is 2. The van der Waals surface area contributed by atoms with Crippen molar-refractivity contribution < 1.29 is 9.53 Å². The fourth-order valence-electron chi connectivity index (χ4n) is 1.59. The third-order valence-corrected chi connectivity index (χ3v) is 3.28. The lowest BCUT2D eigenvalue weighted by Crippen LogP contribution is -2.18. The van der Waals surface area contributed by atoms with E-state index in [-0.39, 0.29) is 5.91 Å². The maximum absolute atomic E-state index is 11.9. The first-order valence-corrected chi connectivity index (χ1v) is 6.72. The zero-order valence-electron chi connectivity index (χ0n) is 10.8. The number of hydrogen-bond acceptors (Lipinski definition) is 3. The lowest BCUT2D eigenvalue weighted by atomic mass is 10.2. The fraction of sp³-hybridized carbons (Fsp3) is 0.0667. The summed E-state index contributed by atoms with van der Waals surface area (Å²) in [7, 11) is 1.60. The Morgan fingerprint density at radius 2 is 2.05 bits per heavy atom. The lowest BCUT2D eigenvalue weighted by Gasteiger charge is -2.02. The molecule has 0 aliphatic carbocycles. The van der Waals surface area contributed by atoms with Crippen LogP contribution in [0.4, 0.5) is 0 Å². The van der Waals surface area contributed by atoms with Crippen molar-refractivity contribution in [2.45, 2.75) is 0 Å². The van der Waals surface area contributed by atoms with Gasteiger partial charge >= 0.3 is 0 Å². The van der Waals surface area contributed by atoms with Gasteiger partial charge in [-0.25, -0.2) is 5.43 Å². The second-order valence-electron chi connectivity index (χ2n) is 3.96. The highest BCUT2D eigenvalue weighted by Gasteiger charge is 2.07. The number of amides is 1. The van der Waals surface area contributed by atoms with Crippen LogP contribution in [-0.4, -0.2) is 19.2 Å². The smallest absolute Gasteiger partial charge is 0.272 e. The van der Waals surface area contributed by atoms with Crippen molar-refractivity contribution >= 4 is 28.1 Å². The molecule has 0 spiro atoms. The standard InChI is InChI=1S/C15H13BrN2O2/c1-20-12-6-4-5-11(9-12)10-17-18-15(19)13-7-2-3-8-14(13)16/h2-10H,1H3,(H,18,19). The first kappa shape index (κ1) is 14.3. The second-order valence-corrected chi connectivity index (χ2v) is 4.81. The normalized spacial score (nSPS) is 10.5. The summed E-state index contributed by atoms with van der Waals surface area (Å²) in [4.78, 5) is 11.9. The Labute approximate surface area is 125 Å².